The maximum absolute atomic E-state index is 12.4. The van der Waals surface area contributed by atoms with Crippen molar-refractivity contribution in [1.82, 2.24) is 4.90 Å². The highest BCUT2D eigenvalue weighted by molar-refractivity contribution is 7.80. The van der Waals surface area contributed by atoms with Crippen molar-refractivity contribution >= 4 is 23.1 Å². The molecule has 0 radical (unpaired) electrons. The molecule has 2 N–H and O–H groups in total. The topological polar surface area (TPSA) is 46.3 Å². The highest BCUT2D eigenvalue weighted by atomic mass is 32.1. The summed E-state index contributed by atoms with van der Waals surface area (Å²) >= 11 is 5.01. The predicted molar refractivity (Wildman–Crippen MR) is 70.1 cm³/mol. The quantitative estimate of drug-likeness (QED) is 0.724. The van der Waals surface area contributed by atoms with Crippen molar-refractivity contribution in [2.24, 2.45) is 17.6 Å². The van der Waals surface area contributed by atoms with Crippen molar-refractivity contribution in [2.75, 3.05) is 6.54 Å². The van der Waals surface area contributed by atoms with Crippen molar-refractivity contribution < 1.29 is 4.79 Å². The highest BCUT2D eigenvalue weighted by Crippen LogP contribution is 2.29. The first-order chi connectivity index (χ1) is 7.49. The van der Waals surface area contributed by atoms with Crippen LogP contribution in [0.1, 0.15) is 40.0 Å². The minimum atomic E-state index is -0.290. The molecule has 0 saturated heterocycles. The lowest BCUT2D eigenvalue weighted by Gasteiger charge is -2.28. The van der Waals surface area contributed by atoms with Crippen LogP contribution in [0.2, 0.25) is 0 Å². The van der Waals surface area contributed by atoms with Crippen LogP contribution >= 0.6 is 12.2 Å². The lowest BCUT2D eigenvalue weighted by Crippen LogP contribution is -2.44. The smallest absolute Gasteiger partial charge is 0.233 e. The molecule has 0 aromatic heterocycles. The Labute approximate surface area is 103 Å². The van der Waals surface area contributed by atoms with Crippen molar-refractivity contribution in [3.8, 4) is 0 Å². The summed E-state index contributed by atoms with van der Waals surface area (Å²) in [6, 6.07) is 0.447. The van der Waals surface area contributed by atoms with Crippen LogP contribution in [-0.2, 0) is 4.79 Å². The van der Waals surface area contributed by atoms with Gasteiger partial charge in [0.05, 0.1) is 10.9 Å². The maximum atomic E-state index is 12.4. The third-order valence-corrected chi connectivity index (χ3v) is 3.23. The molecule has 92 valence electrons. The fourth-order valence-corrected chi connectivity index (χ4v) is 2.39. The lowest BCUT2D eigenvalue weighted by molar-refractivity contribution is -0.135. The van der Waals surface area contributed by atoms with Gasteiger partial charge in [-0.2, -0.15) is 0 Å². The molecule has 0 aromatic rings. The van der Waals surface area contributed by atoms with E-state index in [0.29, 0.717) is 11.0 Å². The van der Waals surface area contributed by atoms with Gasteiger partial charge >= 0.3 is 0 Å². The first-order valence-corrected chi connectivity index (χ1v) is 6.49. The Morgan fingerprint density at radius 3 is 2.38 bits per heavy atom. The van der Waals surface area contributed by atoms with Crippen LogP contribution in [0, 0.1) is 11.8 Å². The minimum Gasteiger partial charge on any atom is -0.393 e. The molecule has 1 fully saturated rings. The largest absolute Gasteiger partial charge is 0.393 e. The van der Waals surface area contributed by atoms with Gasteiger partial charge in [-0.3, -0.25) is 4.79 Å². The lowest BCUT2D eigenvalue weighted by atomic mass is 9.94. The highest BCUT2D eigenvalue weighted by Gasteiger charge is 2.37. The fourth-order valence-electron chi connectivity index (χ4n) is 2.01. The summed E-state index contributed by atoms with van der Waals surface area (Å²) in [5, 5.41) is 0. The summed E-state index contributed by atoms with van der Waals surface area (Å²) in [4.78, 5) is 14.7. The van der Waals surface area contributed by atoms with Crippen LogP contribution in [0.5, 0.6) is 0 Å². The van der Waals surface area contributed by atoms with Crippen LogP contribution in [-0.4, -0.2) is 28.4 Å². The van der Waals surface area contributed by atoms with Crippen LogP contribution in [0.3, 0.4) is 0 Å². The number of hydrogen-bond donors (Lipinski definition) is 1. The van der Waals surface area contributed by atoms with Gasteiger partial charge in [0.1, 0.15) is 0 Å². The van der Waals surface area contributed by atoms with Crippen LogP contribution in [0.25, 0.3) is 0 Å². The van der Waals surface area contributed by atoms with E-state index in [1.54, 1.807) is 0 Å². The Bertz CT molecular complexity index is 274. The zero-order valence-corrected chi connectivity index (χ0v) is 11.2. The van der Waals surface area contributed by atoms with E-state index >= 15 is 0 Å². The van der Waals surface area contributed by atoms with E-state index in [1.165, 1.54) is 0 Å². The van der Waals surface area contributed by atoms with Gasteiger partial charge < -0.3 is 10.6 Å². The summed E-state index contributed by atoms with van der Waals surface area (Å²) in [6.45, 7) is 6.92. The first kappa shape index (κ1) is 13.4. The first-order valence-electron chi connectivity index (χ1n) is 6.08. The standard InChI is InChI=1S/C12H22N2OS/c1-4-7-14(9-5-6-9)12(15)10(8(2)3)11(13)16/h8-10H,4-7H2,1-3H3,(H2,13,16). The van der Waals surface area contributed by atoms with Crippen molar-refractivity contribution in [3.05, 3.63) is 0 Å². The Morgan fingerprint density at radius 1 is 1.50 bits per heavy atom. The van der Waals surface area contributed by atoms with Gasteiger partial charge in [-0.05, 0) is 25.2 Å². The molecule has 0 aliphatic heterocycles. The van der Waals surface area contributed by atoms with E-state index in [2.05, 4.69) is 6.92 Å². The molecule has 1 saturated carbocycles. The van der Waals surface area contributed by atoms with Gasteiger partial charge in [0.15, 0.2) is 0 Å². The number of rotatable bonds is 6. The van der Waals surface area contributed by atoms with E-state index < -0.39 is 0 Å². The van der Waals surface area contributed by atoms with Crippen LogP contribution in [0.4, 0.5) is 0 Å². The maximum Gasteiger partial charge on any atom is 0.233 e. The molecular formula is C12H22N2OS. The molecule has 16 heavy (non-hydrogen) atoms. The monoisotopic (exact) mass is 242 g/mol. The third kappa shape index (κ3) is 3.17. The zero-order chi connectivity index (χ0) is 12.3. The number of carbonyl (C=O) groups is 1. The molecule has 4 heteroatoms. The van der Waals surface area contributed by atoms with Crippen molar-refractivity contribution in [3.63, 3.8) is 0 Å². The number of hydrogen-bond acceptors (Lipinski definition) is 2. The molecule has 1 unspecified atom stereocenters. The summed E-state index contributed by atoms with van der Waals surface area (Å²) in [5.41, 5.74) is 5.68. The molecule has 1 aliphatic rings. The Hall–Kier alpha value is -0.640. The Morgan fingerprint density at radius 2 is 2.06 bits per heavy atom. The molecular weight excluding hydrogens is 220 g/mol. The summed E-state index contributed by atoms with van der Waals surface area (Å²) in [6.07, 6.45) is 3.26. The van der Waals surface area contributed by atoms with E-state index in [-0.39, 0.29) is 17.7 Å². The average Bonchev–Trinajstić information content (AvgIpc) is 2.95. The van der Waals surface area contributed by atoms with Gasteiger partial charge in [0.25, 0.3) is 0 Å². The predicted octanol–water partition coefficient (Wildman–Crippen LogP) is 1.95. The Balaban J connectivity index is 2.74. The fraction of sp³-hybridized carbons (Fsp3) is 0.833. The minimum absolute atomic E-state index is 0.131. The van der Waals surface area contributed by atoms with E-state index in [1.807, 2.05) is 18.7 Å². The number of nitrogens with zero attached hydrogens (tertiary/aromatic N) is 1. The SMILES string of the molecule is CCCN(C(=O)C(C(N)=S)C(C)C)C1CC1. The molecule has 0 bridgehead atoms. The Kier molecular flexibility index (Phi) is 4.71. The molecule has 1 atom stereocenters. The molecule has 1 amide bonds. The average molecular weight is 242 g/mol. The summed E-state index contributed by atoms with van der Waals surface area (Å²) < 4.78 is 0. The molecule has 0 heterocycles. The van der Waals surface area contributed by atoms with E-state index in [4.69, 9.17) is 18.0 Å². The second-order valence-electron chi connectivity index (χ2n) is 4.89. The number of thiocarbonyl (C=S) groups is 1. The van der Waals surface area contributed by atoms with Crippen LogP contribution in [0.15, 0.2) is 0 Å². The number of nitrogens with two attached hydrogens (primary N) is 1. The van der Waals surface area contributed by atoms with Crippen LogP contribution < -0.4 is 5.73 Å². The number of amides is 1. The zero-order valence-electron chi connectivity index (χ0n) is 10.4. The van der Waals surface area contributed by atoms with Gasteiger partial charge in [-0.25, -0.2) is 0 Å². The summed E-state index contributed by atoms with van der Waals surface area (Å²) in [5.74, 6) is 0.0251. The molecule has 0 aromatic carbocycles. The van der Waals surface area contributed by atoms with Crippen molar-refractivity contribution in [1.29, 1.82) is 0 Å². The van der Waals surface area contributed by atoms with Gasteiger partial charge in [-0.15, -0.1) is 0 Å². The van der Waals surface area contributed by atoms with Gasteiger partial charge in [0.2, 0.25) is 5.91 Å². The van der Waals surface area contributed by atoms with Crippen molar-refractivity contribution in [2.45, 2.75) is 46.1 Å². The van der Waals surface area contributed by atoms with Gasteiger partial charge in [0, 0.05) is 12.6 Å². The molecule has 0 spiro atoms. The van der Waals surface area contributed by atoms with E-state index in [0.717, 1.165) is 25.8 Å². The molecule has 3 nitrogen and oxygen atoms in total. The van der Waals surface area contributed by atoms with Gasteiger partial charge in [-0.1, -0.05) is 33.0 Å². The normalized spacial score (nSPS) is 17.2. The third-order valence-electron chi connectivity index (χ3n) is 2.97. The molecule has 1 aliphatic carbocycles. The summed E-state index contributed by atoms with van der Waals surface area (Å²) in [7, 11) is 0. The second-order valence-corrected chi connectivity index (χ2v) is 5.36. The molecule has 1 rings (SSSR count). The second kappa shape index (κ2) is 5.62. The van der Waals surface area contributed by atoms with E-state index in [9.17, 15) is 4.79 Å². The number of carbonyl (C=O) groups excluding carboxylic acids is 1.